The van der Waals surface area contributed by atoms with E-state index in [0.717, 1.165) is 21.7 Å². The van der Waals surface area contributed by atoms with Gasteiger partial charge in [-0.3, -0.25) is 0 Å². The van der Waals surface area contributed by atoms with Crippen molar-refractivity contribution in [3.05, 3.63) is 35.1 Å². The number of nitrogens with zero attached hydrogens (tertiary/aromatic N) is 2. The molecule has 0 atom stereocenters. The van der Waals surface area contributed by atoms with Gasteiger partial charge in [0.05, 0.1) is 5.75 Å². The van der Waals surface area contributed by atoms with Crippen molar-refractivity contribution in [2.75, 3.05) is 12.4 Å². The Hall–Kier alpha value is -0.780. The van der Waals surface area contributed by atoms with Gasteiger partial charge in [-0.1, -0.05) is 11.6 Å². The number of benzene rings is 1. The molecule has 2 aromatic rings. The van der Waals surface area contributed by atoms with Gasteiger partial charge in [0.1, 0.15) is 0 Å². The van der Waals surface area contributed by atoms with Crippen LogP contribution < -0.4 is 5.32 Å². The van der Waals surface area contributed by atoms with Crippen molar-refractivity contribution in [1.29, 1.82) is 0 Å². The highest BCUT2D eigenvalue weighted by Gasteiger charge is 2.03. The molecule has 2 rings (SSSR count). The number of hydrogen-bond donors (Lipinski definition) is 1. The van der Waals surface area contributed by atoms with E-state index >= 15 is 0 Å². The molecule has 0 fully saturated rings. The van der Waals surface area contributed by atoms with Gasteiger partial charge in [0.2, 0.25) is 5.13 Å². The number of anilines is 1. The van der Waals surface area contributed by atoms with Crippen LogP contribution in [-0.2, 0) is 5.75 Å². The fraction of sp³-hybridized carbons (Fsp3) is 0.200. The van der Waals surface area contributed by atoms with E-state index < -0.39 is 0 Å². The fourth-order valence-corrected chi connectivity index (χ4v) is 2.59. The van der Waals surface area contributed by atoms with E-state index in [4.69, 9.17) is 11.6 Å². The standard InChI is InChI=1S/C10H10ClN3S2/c1-12-10-13-9(14-16-10)6-15-8-4-2-7(11)3-5-8/h2-5H,6H2,1H3,(H,12,13,14). The summed E-state index contributed by atoms with van der Waals surface area (Å²) in [5, 5.41) is 4.58. The van der Waals surface area contributed by atoms with Crippen molar-refractivity contribution in [2.24, 2.45) is 0 Å². The van der Waals surface area contributed by atoms with E-state index in [1.807, 2.05) is 31.3 Å². The van der Waals surface area contributed by atoms with Gasteiger partial charge in [0.25, 0.3) is 0 Å². The lowest BCUT2D eigenvalue weighted by Crippen LogP contribution is -1.88. The maximum absolute atomic E-state index is 5.81. The largest absolute Gasteiger partial charge is 0.363 e. The smallest absolute Gasteiger partial charge is 0.202 e. The lowest BCUT2D eigenvalue weighted by atomic mass is 10.4. The molecule has 0 radical (unpaired) electrons. The van der Waals surface area contributed by atoms with Crippen LogP contribution in [0.5, 0.6) is 0 Å². The van der Waals surface area contributed by atoms with Gasteiger partial charge in [-0.25, -0.2) is 4.98 Å². The Labute approximate surface area is 107 Å². The van der Waals surface area contributed by atoms with Gasteiger partial charge >= 0.3 is 0 Å². The molecule has 0 saturated heterocycles. The third-order valence-electron chi connectivity index (χ3n) is 1.86. The van der Waals surface area contributed by atoms with Gasteiger partial charge in [-0.05, 0) is 24.3 Å². The third kappa shape index (κ3) is 3.10. The van der Waals surface area contributed by atoms with Crippen LogP contribution in [-0.4, -0.2) is 16.4 Å². The van der Waals surface area contributed by atoms with Gasteiger partial charge in [0.15, 0.2) is 5.82 Å². The van der Waals surface area contributed by atoms with Crippen LogP contribution in [0.2, 0.25) is 5.02 Å². The predicted octanol–water partition coefficient (Wildman–Crippen LogP) is 3.53. The second kappa shape index (κ2) is 5.52. The molecule has 0 aliphatic carbocycles. The molecule has 0 spiro atoms. The Morgan fingerprint density at radius 3 is 2.75 bits per heavy atom. The Kier molecular flexibility index (Phi) is 4.04. The molecule has 16 heavy (non-hydrogen) atoms. The number of rotatable bonds is 4. The normalized spacial score (nSPS) is 10.4. The second-order valence-electron chi connectivity index (χ2n) is 3.01. The minimum absolute atomic E-state index is 0.758. The van der Waals surface area contributed by atoms with Crippen LogP contribution in [0.25, 0.3) is 0 Å². The SMILES string of the molecule is CNc1nc(CSc2ccc(Cl)cc2)ns1. The molecule has 1 aromatic heterocycles. The van der Waals surface area contributed by atoms with E-state index in [9.17, 15) is 0 Å². The molecule has 0 unspecified atom stereocenters. The number of halogens is 1. The van der Waals surface area contributed by atoms with E-state index in [1.54, 1.807) is 11.8 Å². The van der Waals surface area contributed by atoms with Crippen molar-refractivity contribution in [3.8, 4) is 0 Å². The molecule has 6 heteroatoms. The molecule has 1 aromatic carbocycles. The Morgan fingerprint density at radius 2 is 2.12 bits per heavy atom. The zero-order valence-corrected chi connectivity index (χ0v) is 11.0. The van der Waals surface area contributed by atoms with Gasteiger partial charge in [0, 0.05) is 28.5 Å². The summed E-state index contributed by atoms with van der Waals surface area (Å²) in [6, 6.07) is 7.77. The maximum Gasteiger partial charge on any atom is 0.202 e. The minimum atomic E-state index is 0.758. The number of nitrogens with one attached hydrogen (secondary N) is 1. The van der Waals surface area contributed by atoms with E-state index in [-0.39, 0.29) is 0 Å². The van der Waals surface area contributed by atoms with Crippen LogP contribution in [0.15, 0.2) is 29.2 Å². The quantitative estimate of drug-likeness (QED) is 0.864. The predicted molar refractivity (Wildman–Crippen MR) is 70.5 cm³/mol. The summed E-state index contributed by atoms with van der Waals surface area (Å²) in [6.45, 7) is 0. The summed E-state index contributed by atoms with van der Waals surface area (Å²) in [4.78, 5) is 5.48. The molecule has 0 saturated carbocycles. The summed E-state index contributed by atoms with van der Waals surface area (Å²) in [5.74, 6) is 1.63. The summed E-state index contributed by atoms with van der Waals surface area (Å²) in [7, 11) is 1.84. The number of thioether (sulfide) groups is 1. The van der Waals surface area contributed by atoms with E-state index in [1.165, 1.54) is 16.4 Å². The highest BCUT2D eigenvalue weighted by atomic mass is 35.5. The van der Waals surface area contributed by atoms with Gasteiger partial charge in [-0.2, -0.15) is 4.37 Å². The molecule has 0 amide bonds. The molecule has 0 aliphatic heterocycles. The molecule has 0 bridgehead atoms. The first-order valence-corrected chi connectivity index (χ1v) is 6.80. The Balaban J connectivity index is 1.94. The molecular formula is C10H10ClN3S2. The van der Waals surface area contributed by atoms with Crippen molar-refractivity contribution >= 4 is 40.0 Å². The van der Waals surface area contributed by atoms with Crippen molar-refractivity contribution in [1.82, 2.24) is 9.36 Å². The number of aromatic nitrogens is 2. The molecule has 84 valence electrons. The van der Waals surface area contributed by atoms with E-state index in [0.29, 0.717) is 0 Å². The van der Waals surface area contributed by atoms with Crippen molar-refractivity contribution < 1.29 is 0 Å². The summed E-state index contributed by atoms with van der Waals surface area (Å²) >= 11 is 8.89. The summed E-state index contributed by atoms with van der Waals surface area (Å²) < 4.78 is 4.24. The highest BCUT2D eigenvalue weighted by molar-refractivity contribution is 7.98. The highest BCUT2D eigenvalue weighted by Crippen LogP contribution is 2.24. The molecule has 3 nitrogen and oxygen atoms in total. The second-order valence-corrected chi connectivity index (χ2v) is 5.25. The van der Waals surface area contributed by atoms with Crippen molar-refractivity contribution in [3.63, 3.8) is 0 Å². The molecular weight excluding hydrogens is 262 g/mol. The minimum Gasteiger partial charge on any atom is -0.363 e. The van der Waals surface area contributed by atoms with E-state index in [2.05, 4.69) is 14.7 Å². The van der Waals surface area contributed by atoms with Crippen LogP contribution in [0.3, 0.4) is 0 Å². The average molecular weight is 272 g/mol. The molecule has 0 aliphatic rings. The maximum atomic E-state index is 5.81. The fourth-order valence-electron chi connectivity index (χ4n) is 1.09. The van der Waals surface area contributed by atoms with Gasteiger partial charge in [-0.15, -0.1) is 11.8 Å². The zero-order chi connectivity index (χ0) is 11.4. The summed E-state index contributed by atoms with van der Waals surface area (Å²) in [6.07, 6.45) is 0. The van der Waals surface area contributed by atoms with Crippen LogP contribution in [0.1, 0.15) is 5.82 Å². The molecule has 1 N–H and O–H groups in total. The number of hydrogen-bond acceptors (Lipinski definition) is 5. The van der Waals surface area contributed by atoms with Crippen LogP contribution in [0.4, 0.5) is 5.13 Å². The van der Waals surface area contributed by atoms with Crippen LogP contribution >= 0.6 is 34.9 Å². The first kappa shape index (κ1) is 11.7. The topological polar surface area (TPSA) is 37.8 Å². The zero-order valence-electron chi connectivity index (χ0n) is 8.61. The lowest BCUT2D eigenvalue weighted by Gasteiger charge is -1.98. The van der Waals surface area contributed by atoms with Gasteiger partial charge < -0.3 is 5.32 Å². The Bertz CT molecular complexity index is 455. The van der Waals surface area contributed by atoms with Crippen LogP contribution in [0, 0.1) is 0 Å². The monoisotopic (exact) mass is 271 g/mol. The Morgan fingerprint density at radius 1 is 1.38 bits per heavy atom. The lowest BCUT2D eigenvalue weighted by molar-refractivity contribution is 1.13. The average Bonchev–Trinajstić information content (AvgIpc) is 2.76. The first-order valence-electron chi connectivity index (χ1n) is 4.66. The van der Waals surface area contributed by atoms with Crippen molar-refractivity contribution in [2.45, 2.75) is 10.6 Å². The first-order chi connectivity index (χ1) is 7.78. The third-order valence-corrected chi connectivity index (χ3v) is 3.89. The summed E-state index contributed by atoms with van der Waals surface area (Å²) in [5.41, 5.74) is 0. The molecule has 1 heterocycles.